The molecule has 1 amide bonds. The fourth-order valence-corrected chi connectivity index (χ4v) is 4.65. The van der Waals surface area contributed by atoms with E-state index in [1.54, 1.807) is 18.6 Å². The van der Waals surface area contributed by atoms with E-state index >= 15 is 0 Å². The zero-order valence-corrected chi connectivity index (χ0v) is 18.5. The Bertz CT molecular complexity index is 1470. The number of pyridine rings is 3. The van der Waals surface area contributed by atoms with Gasteiger partial charge in [0.05, 0.1) is 10.9 Å². The number of nitrogens with zero attached hydrogens (tertiary/aromatic N) is 4. The molecule has 8 nitrogen and oxygen atoms in total. The summed E-state index contributed by atoms with van der Waals surface area (Å²) in [5.74, 6) is -0.385. The first-order valence-corrected chi connectivity index (χ1v) is 11.3. The minimum atomic E-state index is -0.385. The van der Waals surface area contributed by atoms with E-state index in [1.165, 1.54) is 10.5 Å². The molecule has 0 aromatic carbocycles. The molecule has 0 radical (unpaired) electrons. The van der Waals surface area contributed by atoms with Crippen molar-refractivity contribution in [2.24, 2.45) is 0 Å². The largest absolute Gasteiger partial charge is 0.348 e. The Morgan fingerprint density at radius 1 is 1.21 bits per heavy atom. The van der Waals surface area contributed by atoms with Crippen molar-refractivity contribution < 1.29 is 4.79 Å². The molecule has 1 aliphatic rings. The third-order valence-corrected chi connectivity index (χ3v) is 6.36. The minimum absolute atomic E-state index is 0.0413. The first-order valence-electron chi connectivity index (χ1n) is 11.3. The number of fused-ring (bicyclic) bond motifs is 2. The molecule has 0 saturated heterocycles. The summed E-state index contributed by atoms with van der Waals surface area (Å²) >= 11 is 0. The average molecular weight is 443 g/mol. The number of nitrogens with one attached hydrogen (secondary N) is 2. The molecular weight excluding hydrogens is 416 g/mol. The van der Waals surface area contributed by atoms with Gasteiger partial charge in [-0.25, -0.2) is 4.98 Å². The monoisotopic (exact) mass is 442 g/mol. The fourth-order valence-electron chi connectivity index (χ4n) is 4.65. The maximum Gasteiger partial charge on any atom is 0.267 e. The van der Waals surface area contributed by atoms with E-state index in [9.17, 15) is 9.59 Å². The van der Waals surface area contributed by atoms with Crippen LogP contribution in [0.2, 0.25) is 0 Å². The highest BCUT2D eigenvalue weighted by Gasteiger charge is 2.23. The molecular formula is C25H26N6O2. The van der Waals surface area contributed by atoms with Crippen LogP contribution in [0, 0.1) is 12.3 Å². The molecule has 8 heteroatoms. The van der Waals surface area contributed by atoms with Gasteiger partial charge in [-0.3, -0.25) is 24.4 Å². The SMILES string of the molecule is Cc1ccc2nc3c(cc(C(=O)NCc4cccnc4)c(=N)n3C3CCCCC3)c(=O)n2c1. The highest BCUT2D eigenvalue weighted by atomic mass is 16.1. The highest BCUT2D eigenvalue weighted by molar-refractivity contribution is 5.96. The first kappa shape index (κ1) is 21.1. The third-order valence-electron chi connectivity index (χ3n) is 6.36. The van der Waals surface area contributed by atoms with Gasteiger partial charge in [-0.2, -0.15) is 0 Å². The standard InChI is InChI=1S/C25H26N6O2/c1-16-9-10-21-29-23-20(25(33)30(21)15-16)12-19(22(26)31(23)18-7-3-2-4-8-18)24(32)28-14-17-6-5-11-27-13-17/h5-6,9-13,15,18,26H,2-4,7-8,14H2,1H3,(H,28,32). The van der Waals surface area contributed by atoms with Gasteiger partial charge in [0.25, 0.3) is 11.5 Å². The van der Waals surface area contributed by atoms with E-state index in [2.05, 4.69) is 10.3 Å². The van der Waals surface area contributed by atoms with Gasteiger partial charge in [-0.1, -0.05) is 31.4 Å². The van der Waals surface area contributed by atoms with Crippen LogP contribution >= 0.6 is 0 Å². The lowest BCUT2D eigenvalue weighted by Crippen LogP contribution is -2.36. The van der Waals surface area contributed by atoms with Gasteiger partial charge in [0.2, 0.25) is 0 Å². The van der Waals surface area contributed by atoms with Crippen LogP contribution in [0.25, 0.3) is 16.7 Å². The molecule has 4 aromatic heterocycles. The number of aryl methyl sites for hydroxylation is 1. The average Bonchev–Trinajstić information content (AvgIpc) is 2.84. The fraction of sp³-hybridized carbons (Fsp3) is 0.320. The van der Waals surface area contributed by atoms with Crippen molar-refractivity contribution in [1.82, 2.24) is 24.3 Å². The molecule has 1 fully saturated rings. The van der Waals surface area contributed by atoms with Crippen LogP contribution < -0.4 is 16.4 Å². The molecule has 0 spiro atoms. The molecule has 1 saturated carbocycles. The topological polar surface area (TPSA) is 105 Å². The zero-order valence-electron chi connectivity index (χ0n) is 18.5. The van der Waals surface area contributed by atoms with Gasteiger partial charge in [0.15, 0.2) is 0 Å². The summed E-state index contributed by atoms with van der Waals surface area (Å²) in [4.78, 5) is 35.4. The summed E-state index contributed by atoms with van der Waals surface area (Å²) in [5, 5.41) is 12.2. The molecule has 168 valence electrons. The predicted octanol–water partition coefficient (Wildman–Crippen LogP) is 3.27. The Morgan fingerprint density at radius 2 is 2.03 bits per heavy atom. The second-order valence-corrected chi connectivity index (χ2v) is 8.70. The molecule has 4 heterocycles. The number of amides is 1. The van der Waals surface area contributed by atoms with E-state index in [0.717, 1.165) is 43.2 Å². The number of aromatic nitrogens is 4. The summed E-state index contributed by atoms with van der Waals surface area (Å²) in [6.07, 6.45) is 10.2. The summed E-state index contributed by atoms with van der Waals surface area (Å²) in [7, 11) is 0. The lowest BCUT2D eigenvalue weighted by molar-refractivity contribution is 0.0948. The Balaban J connectivity index is 1.69. The van der Waals surface area contributed by atoms with Crippen molar-refractivity contribution in [3.63, 3.8) is 0 Å². The Morgan fingerprint density at radius 3 is 2.79 bits per heavy atom. The molecule has 0 atom stereocenters. The minimum Gasteiger partial charge on any atom is -0.348 e. The van der Waals surface area contributed by atoms with E-state index < -0.39 is 0 Å². The van der Waals surface area contributed by atoms with E-state index in [0.29, 0.717) is 23.2 Å². The van der Waals surface area contributed by atoms with Crippen LogP contribution in [-0.2, 0) is 6.54 Å². The number of hydrogen-bond acceptors (Lipinski definition) is 5. The number of hydrogen-bond donors (Lipinski definition) is 2. The second-order valence-electron chi connectivity index (χ2n) is 8.70. The molecule has 5 rings (SSSR count). The van der Waals surface area contributed by atoms with Gasteiger partial charge >= 0.3 is 0 Å². The van der Waals surface area contributed by atoms with E-state index in [1.807, 2.05) is 35.8 Å². The number of carbonyl (C=O) groups excluding carboxylic acids is 1. The van der Waals surface area contributed by atoms with Gasteiger partial charge in [0, 0.05) is 31.2 Å². The molecule has 0 bridgehead atoms. The molecule has 0 unspecified atom stereocenters. The molecule has 0 aliphatic heterocycles. The zero-order chi connectivity index (χ0) is 22.9. The van der Waals surface area contributed by atoms with Crippen LogP contribution in [0.4, 0.5) is 0 Å². The number of carbonyl (C=O) groups is 1. The lowest BCUT2D eigenvalue weighted by Gasteiger charge is -2.26. The number of rotatable bonds is 4. The van der Waals surface area contributed by atoms with Crippen LogP contribution in [0.15, 0.2) is 53.7 Å². The van der Waals surface area contributed by atoms with Crippen molar-refractivity contribution in [3.8, 4) is 0 Å². The molecule has 2 N–H and O–H groups in total. The summed E-state index contributed by atoms with van der Waals surface area (Å²) in [5.41, 5.74) is 2.87. The lowest BCUT2D eigenvalue weighted by atomic mass is 9.94. The summed E-state index contributed by atoms with van der Waals surface area (Å²) in [6, 6.07) is 8.99. The van der Waals surface area contributed by atoms with Crippen LogP contribution in [0.5, 0.6) is 0 Å². The summed E-state index contributed by atoms with van der Waals surface area (Å²) in [6.45, 7) is 2.21. The summed E-state index contributed by atoms with van der Waals surface area (Å²) < 4.78 is 3.33. The normalized spacial score (nSPS) is 14.6. The van der Waals surface area contributed by atoms with Crippen molar-refractivity contribution in [2.75, 3.05) is 0 Å². The van der Waals surface area contributed by atoms with Crippen LogP contribution in [0.1, 0.15) is 59.6 Å². The van der Waals surface area contributed by atoms with Crippen LogP contribution in [0.3, 0.4) is 0 Å². The molecule has 1 aliphatic carbocycles. The van der Waals surface area contributed by atoms with Crippen molar-refractivity contribution in [3.05, 3.63) is 81.5 Å². The maximum absolute atomic E-state index is 13.4. The van der Waals surface area contributed by atoms with Crippen LogP contribution in [-0.4, -0.2) is 24.8 Å². The van der Waals surface area contributed by atoms with Gasteiger partial charge in [0.1, 0.15) is 16.8 Å². The Labute approximate surface area is 190 Å². The quantitative estimate of drug-likeness (QED) is 0.473. The smallest absolute Gasteiger partial charge is 0.267 e. The van der Waals surface area contributed by atoms with Crippen molar-refractivity contribution in [2.45, 2.75) is 51.6 Å². The predicted molar refractivity (Wildman–Crippen MR) is 125 cm³/mol. The molecule has 33 heavy (non-hydrogen) atoms. The first-order chi connectivity index (χ1) is 16.0. The maximum atomic E-state index is 13.4. The van der Waals surface area contributed by atoms with E-state index in [-0.39, 0.29) is 28.6 Å². The second kappa shape index (κ2) is 8.61. The van der Waals surface area contributed by atoms with Crippen molar-refractivity contribution in [1.29, 1.82) is 5.41 Å². The Hall–Kier alpha value is -3.81. The third kappa shape index (κ3) is 3.92. The molecule has 4 aromatic rings. The van der Waals surface area contributed by atoms with Crippen molar-refractivity contribution >= 4 is 22.6 Å². The van der Waals surface area contributed by atoms with Gasteiger partial charge in [-0.15, -0.1) is 0 Å². The Kier molecular flexibility index (Phi) is 5.50. The van der Waals surface area contributed by atoms with E-state index in [4.69, 9.17) is 10.4 Å². The highest BCUT2D eigenvalue weighted by Crippen LogP contribution is 2.29. The van der Waals surface area contributed by atoms with Gasteiger partial charge < -0.3 is 9.88 Å². The van der Waals surface area contributed by atoms with Gasteiger partial charge in [-0.05, 0) is 49.1 Å².